The molecule has 1 saturated carbocycles. The van der Waals surface area contributed by atoms with Crippen molar-refractivity contribution in [1.29, 1.82) is 0 Å². The molecule has 4 nitrogen and oxygen atoms in total. The SMILES string of the molecule is CNC(=O)CCNC1CCCC(N)C1. The van der Waals surface area contributed by atoms with Crippen molar-refractivity contribution in [2.75, 3.05) is 13.6 Å². The maximum absolute atomic E-state index is 10.9. The van der Waals surface area contributed by atoms with E-state index in [2.05, 4.69) is 10.6 Å². The first-order valence-corrected chi connectivity index (χ1v) is 5.42. The van der Waals surface area contributed by atoms with Crippen LogP contribution in [0.25, 0.3) is 0 Å². The Morgan fingerprint density at radius 1 is 1.50 bits per heavy atom. The van der Waals surface area contributed by atoms with Crippen LogP contribution in [0.2, 0.25) is 0 Å². The van der Waals surface area contributed by atoms with Crippen LogP contribution in [0.15, 0.2) is 0 Å². The lowest BCUT2D eigenvalue weighted by atomic mass is 9.91. The van der Waals surface area contributed by atoms with Gasteiger partial charge in [-0.05, 0) is 19.3 Å². The van der Waals surface area contributed by atoms with Crippen molar-refractivity contribution in [3.05, 3.63) is 0 Å². The van der Waals surface area contributed by atoms with E-state index in [1.54, 1.807) is 7.05 Å². The van der Waals surface area contributed by atoms with Gasteiger partial charge in [0.1, 0.15) is 0 Å². The number of hydrogen-bond acceptors (Lipinski definition) is 3. The average Bonchev–Trinajstić information content (AvgIpc) is 2.17. The molecule has 1 aliphatic carbocycles. The van der Waals surface area contributed by atoms with Gasteiger partial charge in [0.05, 0.1) is 0 Å². The molecule has 0 saturated heterocycles. The van der Waals surface area contributed by atoms with Gasteiger partial charge in [0, 0.05) is 32.1 Å². The highest BCUT2D eigenvalue weighted by molar-refractivity contribution is 5.75. The third kappa shape index (κ3) is 4.07. The predicted molar refractivity (Wildman–Crippen MR) is 56.9 cm³/mol. The van der Waals surface area contributed by atoms with Crippen molar-refractivity contribution in [2.24, 2.45) is 5.73 Å². The zero-order chi connectivity index (χ0) is 10.4. The summed E-state index contributed by atoms with van der Waals surface area (Å²) in [6.45, 7) is 0.761. The quantitative estimate of drug-likeness (QED) is 0.596. The Morgan fingerprint density at radius 2 is 2.29 bits per heavy atom. The van der Waals surface area contributed by atoms with Crippen molar-refractivity contribution in [3.8, 4) is 0 Å². The molecule has 1 rings (SSSR count). The number of carbonyl (C=O) groups is 1. The van der Waals surface area contributed by atoms with Gasteiger partial charge in [-0.15, -0.1) is 0 Å². The van der Waals surface area contributed by atoms with E-state index in [1.807, 2.05) is 0 Å². The molecule has 0 aromatic heterocycles. The lowest BCUT2D eigenvalue weighted by Gasteiger charge is -2.27. The van der Waals surface area contributed by atoms with E-state index in [9.17, 15) is 4.79 Å². The normalized spacial score (nSPS) is 27.3. The summed E-state index contributed by atoms with van der Waals surface area (Å²) in [5.74, 6) is 0.0950. The van der Waals surface area contributed by atoms with Gasteiger partial charge >= 0.3 is 0 Å². The number of carbonyl (C=O) groups excluding carboxylic acids is 1. The molecule has 2 atom stereocenters. The average molecular weight is 199 g/mol. The zero-order valence-electron chi connectivity index (χ0n) is 8.88. The fraction of sp³-hybridized carbons (Fsp3) is 0.900. The molecular formula is C10H21N3O. The summed E-state index contributed by atoms with van der Waals surface area (Å²) in [5, 5.41) is 5.98. The molecule has 0 radical (unpaired) electrons. The highest BCUT2D eigenvalue weighted by atomic mass is 16.1. The zero-order valence-corrected chi connectivity index (χ0v) is 8.88. The van der Waals surface area contributed by atoms with Gasteiger partial charge in [-0.25, -0.2) is 0 Å². The first-order chi connectivity index (χ1) is 6.72. The van der Waals surface area contributed by atoms with Crippen LogP contribution in [0, 0.1) is 0 Å². The number of nitrogens with two attached hydrogens (primary N) is 1. The third-order valence-corrected chi connectivity index (χ3v) is 2.78. The molecule has 0 aromatic rings. The molecule has 82 valence electrons. The monoisotopic (exact) mass is 199 g/mol. The largest absolute Gasteiger partial charge is 0.359 e. The molecule has 4 heteroatoms. The summed E-state index contributed by atoms with van der Waals surface area (Å²) in [6.07, 6.45) is 5.16. The Bertz CT molecular complexity index is 184. The molecule has 2 unspecified atom stereocenters. The van der Waals surface area contributed by atoms with Gasteiger partial charge in [0.2, 0.25) is 5.91 Å². The Hall–Kier alpha value is -0.610. The summed E-state index contributed by atoms with van der Waals surface area (Å²) in [4.78, 5) is 10.9. The van der Waals surface area contributed by atoms with Crippen LogP contribution in [0.3, 0.4) is 0 Å². The molecule has 0 aromatic carbocycles. The van der Waals surface area contributed by atoms with Crippen LogP contribution in [0.5, 0.6) is 0 Å². The highest BCUT2D eigenvalue weighted by Crippen LogP contribution is 2.16. The van der Waals surface area contributed by atoms with Gasteiger partial charge in [-0.1, -0.05) is 6.42 Å². The summed E-state index contributed by atoms with van der Waals surface area (Å²) in [6, 6.07) is 0.865. The van der Waals surface area contributed by atoms with Crippen LogP contribution >= 0.6 is 0 Å². The summed E-state index contributed by atoms with van der Waals surface area (Å²) in [5.41, 5.74) is 5.86. The van der Waals surface area contributed by atoms with E-state index in [-0.39, 0.29) is 5.91 Å². The first kappa shape index (κ1) is 11.5. The summed E-state index contributed by atoms with van der Waals surface area (Å²) >= 11 is 0. The van der Waals surface area contributed by atoms with Crippen molar-refractivity contribution in [3.63, 3.8) is 0 Å². The van der Waals surface area contributed by atoms with Crippen LogP contribution in [-0.2, 0) is 4.79 Å². The maximum atomic E-state index is 10.9. The smallest absolute Gasteiger partial charge is 0.221 e. The van der Waals surface area contributed by atoms with Gasteiger partial charge in [-0.3, -0.25) is 4.79 Å². The summed E-state index contributed by atoms with van der Waals surface area (Å²) in [7, 11) is 1.67. The standard InChI is InChI=1S/C10H21N3O/c1-12-10(14)5-6-13-9-4-2-3-8(11)7-9/h8-9,13H,2-7,11H2,1H3,(H,12,14). The number of rotatable bonds is 4. The molecule has 1 aliphatic rings. The second kappa shape index (κ2) is 5.98. The molecular weight excluding hydrogens is 178 g/mol. The fourth-order valence-corrected chi connectivity index (χ4v) is 1.93. The van der Waals surface area contributed by atoms with Crippen LogP contribution in [0.1, 0.15) is 32.1 Å². The van der Waals surface area contributed by atoms with E-state index < -0.39 is 0 Å². The molecule has 0 spiro atoms. The minimum Gasteiger partial charge on any atom is -0.359 e. The molecule has 0 bridgehead atoms. The van der Waals surface area contributed by atoms with E-state index in [0.717, 1.165) is 19.4 Å². The highest BCUT2D eigenvalue weighted by Gasteiger charge is 2.18. The third-order valence-electron chi connectivity index (χ3n) is 2.78. The predicted octanol–water partition coefficient (Wildman–Crippen LogP) is -0.0180. The van der Waals surface area contributed by atoms with Crippen LogP contribution in [0.4, 0.5) is 0 Å². The van der Waals surface area contributed by atoms with Crippen LogP contribution in [-0.4, -0.2) is 31.6 Å². The number of nitrogens with one attached hydrogen (secondary N) is 2. The second-order valence-corrected chi connectivity index (χ2v) is 4.00. The molecule has 1 fully saturated rings. The molecule has 14 heavy (non-hydrogen) atoms. The molecule has 4 N–H and O–H groups in total. The Morgan fingerprint density at radius 3 is 2.93 bits per heavy atom. The topological polar surface area (TPSA) is 67.2 Å². The van der Waals surface area contributed by atoms with E-state index in [4.69, 9.17) is 5.73 Å². The lowest BCUT2D eigenvalue weighted by molar-refractivity contribution is -0.120. The molecule has 0 heterocycles. The van der Waals surface area contributed by atoms with Gasteiger partial charge in [-0.2, -0.15) is 0 Å². The van der Waals surface area contributed by atoms with Crippen molar-refractivity contribution in [1.82, 2.24) is 10.6 Å². The van der Waals surface area contributed by atoms with E-state index in [0.29, 0.717) is 18.5 Å². The number of amides is 1. The fourth-order valence-electron chi connectivity index (χ4n) is 1.93. The van der Waals surface area contributed by atoms with Crippen molar-refractivity contribution in [2.45, 2.75) is 44.2 Å². The van der Waals surface area contributed by atoms with E-state index >= 15 is 0 Å². The Kier molecular flexibility index (Phi) is 4.90. The van der Waals surface area contributed by atoms with Crippen LogP contribution < -0.4 is 16.4 Å². The number of hydrogen-bond donors (Lipinski definition) is 3. The Labute approximate surface area is 85.6 Å². The maximum Gasteiger partial charge on any atom is 0.221 e. The second-order valence-electron chi connectivity index (χ2n) is 4.00. The minimum atomic E-state index is 0.0950. The van der Waals surface area contributed by atoms with Gasteiger partial charge < -0.3 is 16.4 Å². The van der Waals surface area contributed by atoms with Crippen molar-refractivity contribution >= 4 is 5.91 Å². The van der Waals surface area contributed by atoms with Crippen molar-refractivity contribution < 1.29 is 4.79 Å². The Balaban J connectivity index is 2.08. The minimum absolute atomic E-state index is 0.0950. The first-order valence-electron chi connectivity index (χ1n) is 5.42. The molecule has 1 amide bonds. The van der Waals surface area contributed by atoms with E-state index in [1.165, 1.54) is 12.8 Å². The molecule has 0 aliphatic heterocycles. The summed E-state index contributed by atoms with van der Waals surface area (Å²) < 4.78 is 0. The van der Waals surface area contributed by atoms with Gasteiger partial charge in [0.15, 0.2) is 0 Å². The van der Waals surface area contributed by atoms with Gasteiger partial charge in [0.25, 0.3) is 0 Å². The lowest BCUT2D eigenvalue weighted by Crippen LogP contribution is -2.40.